The van der Waals surface area contributed by atoms with Crippen molar-refractivity contribution in [2.75, 3.05) is 13.7 Å². The number of thiophene rings is 1. The fraction of sp³-hybridized carbons (Fsp3) is 0.278. The van der Waals surface area contributed by atoms with E-state index in [1.807, 2.05) is 29.8 Å². The second-order valence-corrected chi connectivity index (χ2v) is 6.82. The molecular formula is C18H18N2OS. The Kier molecular flexibility index (Phi) is 3.56. The summed E-state index contributed by atoms with van der Waals surface area (Å²) in [6.07, 6.45) is 4.91. The van der Waals surface area contributed by atoms with Gasteiger partial charge in [0, 0.05) is 41.6 Å². The standard InChI is InChI=1S/C18H18N2OS/c1-21-14-4-5-17-16(9-14)15-6-8-20(12-18(15)22-17)11-13-3-2-7-19-10-13/h2-5,7,9-10H,6,8,11-12H2,1H3. The number of rotatable bonds is 3. The van der Waals surface area contributed by atoms with E-state index < -0.39 is 0 Å². The largest absolute Gasteiger partial charge is 0.497 e. The van der Waals surface area contributed by atoms with E-state index in [4.69, 9.17) is 4.74 Å². The van der Waals surface area contributed by atoms with Crippen LogP contribution in [0.1, 0.15) is 16.0 Å². The minimum absolute atomic E-state index is 0.950. The van der Waals surface area contributed by atoms with Gasteiger partial charge in [-0.3, -0.25) is 9.88 Å². The molecule has 0 saturated carbocycles. The zero-order valence-electron chi connectivity index (χ0n) is 12.6. The van der Waals surface area contributed by atoms with Crippen molar-refractivity contribution in [3.63, 3.8) is 0 Å². The van der Waals surface area contributed by atoms with Gasteiger partial charge < -0.3 is 4.74 Å². The Morgan fingerprint density at radius 1 is 1.32 bits per heavy atom. The van der Waals surface area contributed by atoms with Crippen LogP contribution < -0.4 is 4.74 Å². The summed E-state index contributed by atoms with van der Waals surface area (Å²) in [7, 11) is 1.73. The van der Waals surface area contributed by atoms with Crippen molar-refractivity contribution in [2.24, 2.45) is 0 Å². The Labute approximate surface area is 134 Å². The van der Waals surface area contributed by atoms with Gasteiger partial charge in [-0.1, -0.05) is 6.07 Å². The highest BCUT2D eigenvalue weighted by atomic mass is 32.1. The average molecular weight is 310 g/mol. The van der Waals surface area contributed by atoms with Gasteiger partial charge in [0.2, 0.25) is 0 Å². The highest BCUT2D eigenvalue weighted by Crippen LogP contribution is 2.37. The van der Waals surface area contributed by atoms with Gasteiger partial charge >= 0.3 is 0 Å². The SMILES string of the molecule is COc1ccc2sc3c(c2c1)CCN(Cc1cccnc1)C3. The number of benzene rings is 1. The minimum atomic E-state index is 0.950. The smallest absolute Gasteiger partial charge is 0.119 e. The van der Waals surface area contributed by atoms with E-state index in [1.54, 1.807) is 7.11 Å². The van der Waals surface area contributed by atoms with Crippen molar-refractivity contribution in [2.45, 2.75) is 19.5 Å². The molecule has 0 fully saturated rings. The molecule has 0 atom stereocenters. The number of nitrogens with zero attached hydrogens (tertiary/aromatic N) is 2. The Hall–Kier alpha value is -1.91. The van der Waals surface area contributed by atoms with E-state index in [2.05, 4.69) is 34.1 Å². The van der Waals surface area contributed by atoms with Crippen LogP contribution in [-0.4, -0.2) is 23.5 Å². The van der Waals surface area contributed by atoms with Gasteiger partial charge in [0.15, 0.2) is 0 Å². The fourth-order valence-corrected chi connectivity index (χ4v) is 4.42. The number of pyridine rings is 1. The third-order valence-corrected chi connectivity index (χ3v) is 5.45. The third kappa shape index (κ3) is 2.49. The van der Waals surface area contributed by atoms with Crippen LogP contribution in [-0.2, 0) is 19.5 Å². The molecule has 1 aliphatic heterocycles. The lowest BCUT2D eigenvalue weighted by molar-refractivity contribution is 0.249. The molecule has 0 N–H and O–H groups in total. The summed E-state index contributed by atoms with van der Waals surface area (Å²) in [6, 6.07) is 10.6. The Balaban J connectivity index is 1.61. The molecule has 0 amide bonds. The number of methoxy groups -OCH3 is 1. The Morgan fingerprint density at radius 2 is 2.27 bits per heavy atom. The number of ether oxygens (including phenoxy) is 1. The van der Waals surface area contributed by atoms with E-state index in [-0.39, 0.29) is 0 Å². The molecule has 0 bridgehead atoms. The molecule has 0 aliphatic carbocycles. The van der Waals surface area contributed by atoms with Crippen LogP contribution in [0, 0.1) is 0 Å². The minimum Gasteiger partial charge on any atom is -0.497 e. The third-order valence-electron chi connectivity index (χ3n) is 4.26. The number of hydrogen-bond acceptors (Lipinski definition) is 4. The number of fused-ring (bicyclic) bond motifs is 3. The molecule has 1 aromatic carbocycles. The maximum absolute atomic E-state index is 5.37. The van der Waals surface area contributed by atoms with Crippen LogP contribution in [0.25, 0.3) is 10.1 Å². The van der Waals surface area contributed by atoms with Gasteiger partial charge in [0.05, 0.1) is 7.11 Å². The van der Waals surface area contributed by atoms with Crippen LogP contribution in [0.15, 0.2) is 42.7 Å². The fourth-order valence-electron chi connectivity index (χ4n) is 3.14. The molecule has 4 heteroatoms. The summed E-state index contributed by atoms with van der Waals surface area (Å²) in [6.45, 7) is 3.11. The molecule has 0 radical (unpaired) electrons. The van der Waals surface area contributed by atoms with Crippen molar-refractivity contribution in [1.29, 1.82) is 0 Å². The second kappa shape index (κ2) is 5.71. The van der Waals surface area contributed by atoms with Crippen LogP contribution >= 0.6 is 11.3 Å². The molecule has 3 heterocycles. The average Bonchev–Trinajstić information content (AvgIpc) is 2.92. The highest BCUT2D eigenvalue weighted by molar-refractivity contribution is 7.19. The van der Waals surface area contributed by atoms with E-state index >= 15 is 0 Å². The maximum Gasteiger partial charge on any atom is 0.119 e. The van der Waals surface area contributed by atoms with Gasteiger partial charge in [-0.05, 0) is 47.2 Å². The first-order valence-corrected chi connectivity index (χ1v) is 8.34. The predicted octanol–water partition coefficient (Wildman–Crippen LogP) is 3.86. The lowest BCUT2D eigenvalue weighted by Crippen LogP contribution is -2.29. The molecule has 3 aromatic rings. The second-order valence-electron chi connectivity index (χ2n) is 5.69. The number of aromatic nitrogens is 1. The van der Waals surface area contributed by atoms with Crippen LogP contribution in [0.3, 0.4) is 0 Å². The molecule has 3 nitrogen and oxygen atoms in total. The topological polar surface area (TPSA) is 25.4 Å². The highest BCUT2D eigenvalue weighted by Gasteiger charge is 2.21. The van der Waals surface area contributed by atoms with Crippen LogP contribution in [0.4, 0.5) is 0 Å². The Bertz CT molecular complexity index is 797. The maximum atomic E-state index is 5.37. The molecule has 22 heavy (non-hydrogen) atoms. The van der Waals surface area contributed by atoms with Crippen molar-refractivity contribution in [1.82, 2.24) is 9.88 Å². The molecule has 0 saturated heterocycles. The molecule has 0 unspecified atom stereocenters. The van der Waals surface area contributed by atoms with Gasteiger partial charge in [0.1, 0.15) is 5.75 Å². The molecular weight excluding hydrogens is 292 g/mol. The van der Waals surface area contributed by atoms with Crippen LogP contribution in [0.2, 0.25) is 0 Å². The summed E-state index contributed by atoms with van der Waals surface area (Å²) in [5.41, 5.74) is 2.80. The van der Waals surface area contributed by atoms with Gasteiger partial charge in [-0.25, -0.2) is 0 Å². The predicted molar refractivity (Wildman–Crippen MR) is 90.4 cm³/mol. The Morgan fingerprint density at radius 3 is 3.09 bits per heavy atom. The first kappa shape index (κ1) is 13.7. The summed E-state index contributed by atoms with van der Waals surface area (Å²) < 4.78 is 6.74. The van der Waals surface area contributed by atoms with Gasteiger partial charge in [0.25, 0.3) is 0 Å². The first-order valence-electron chi connectivity index (χ1n) is 7.53. The zero-order valence-corrected chi connectivity index (χ0v) is 13.4. The van der Waals surface area contributed by atoms with Crippen molar-refractivity contribution in [3.05, 3.63) is 58.7 Å². The molecule has 2 aromatic heterocycles. The summed E-state index contributed by atoms with van der Waals surface area (Å²) >= 11 is 1.92. The first-order chi connectivity index (χ1) is 10.8. The molecule has 4 rings (SSSR count). The van der Waals surface area contributed by atoms with Crippen molar-refractivity contribution >= 4 is 21.4 Å². The lowest BCUT2D eigenvalue weighted by Gasteiger charge is -2.26. The summed E-state index contributed by atoms with van der Waals surface area (Å²) in [5.74, 6) is 0.950. The van der Waals surface area contributed by atoms with Gasteiger partial charge in [-0.15, -0.1) is 11.3 Å². The molecule has 0 spiro atoms. The molecule has 112 valence electrons. The summed E-state index contributed by atoms with van der Waals surface area (Å²) in [5, 5.41) is 1.38. The van der Waals surface area contributed by atoms with Gasteiger partial charge in [-0.2, -0.15) is 0 Å². The zero-order chi connectivity index (χ0) is 14.9. The van der Waals surface area contributed by atoms with E-state index in [0.29, 0.717) is 0 Å². The number of hydrogen-bond donors (Lipinski definition) is 0. The molecule has 1 aliphatic rings. The summed E-state index contributed by atoms with van der Waals surface area (Å²) in [4.78, 5) is 8.21. The van der Waals surface area contributed by atoms with Crippen molar-refractivity contribution in [3.8, 4) is 5.75 Å². The monoisotopic (exact) mass is 310 g/mol. The normalized spacial score (nSPS) is 15.0. The van der Waals surface area contributed by atoms with E-state index in [9.17, 15) is 0 Å². The van der Waals surface area contributed by atoms with Crippen molar-refractivity contribution < 1.29 is 4.74 Å². The quantitative estimate of drug-likeness (QED) is 0.734. The lowest BCUT2D eigenvalue weighted by atomic mass is 10.0. The van der Waals surface area contributed by atoms with E-state index in [1.165, 1.54) is 26.1 Å². The van der Waals surface area contributed by atoms with E-state index in [0.717, 1.165) is 31.8 Å². The van der Waals surface area contributed by atoms with Crippen LogP contribution in [0.5, 0.6) is 5.75 Å².